The molecule has 0 aromatic rings. The van der Waals surface area contributed by atoms with Crippen LogP contribution in [0.3, 0.4) is 0 Å². The second kappa shape index (κ2) is 6.02. The van der Waals surface area contributed by atoms with Crippen molar-refractivity contribution in [3.63, 3.8) is 0 Å². The van der Waals surface area contributed by atoms with Gasteiger partial charge < -0.3 is 10.4 Å². The lowest BCUT2D eigenvalue weighted by molar-refractivity contribution is 0.241. The Morgan fingerprint density at radius 1 is 1.12 bits per heavy atom. The maximum Gasteiger partial charge on any atom is 0.0434 e. The third kappa shape index (κ3) is 3.74. The van der Waals surface area contributed by atoms with Gasteiger partial charge in [-0.15, -0.1) is 0 Å². The average Bonchev–Trinajstić information content (AvgIpc) is 3.13. The van der Waals surface area contributed by atoms with Crippen molar-refractivity contribution in [2.24, 2.45) is 17.8 Å². The molecule has 2 heteroatoms. The molecule has 0 saturated heterocycles. The van der Waals surface area contributed by atoms with Gasteiger partial charge in [0.2, 0.25) is 0 Å². The number of aliphatic hydroxyl groups is 1. The first-order chi connectivity index (χ1) is 7.85. The topological polar surface area (TPSA) is 32.3 Å². The van der Waals surface area contributed by atoms with Gasteiger partial charge in [0.25, 0.3) is 0 Å². The van der Waals surface area contributed by atoms with Crippen molar-refractivity contribution in [2.75, 3.05) is 13.2 Å². The van der Waals surface area contributed by atoms with Gasteiger partial charge in [-0.25, -0.2) is 0 Å². The van der Waals surface area contributed by atoms with Gasteiger partial charge in [-0.05, 0) is 62.8 Å². The largest absolute Gasteiger partial charge is 0.396 e. The van der Waals surface area contributed by atoms with E-state index in [2.05, 4.69) is 12.2 Å². The Hall–Kier alpha value is -0.0800. The molecule has 0 aliphatic heterocycles. The van der Waals surface area contributed by atoms with E-state index in [1.54, 1.807) is 0 Å². The summed E-state index contributed by atoms with van der Waals surface area (Å²) in [6.07, 6.45) is 9.28. The molecule has 2 aliphatic rings. The Balaban J connectivity index is 1.69. The maximum absolute atomic E-state index is 9.04. The van der Waals surface area contributed by atoms with Crippen LogP contribution in [0.4, 0.5) is 0 Å². The number of hydrogen-bond acceptors (Lipinski definition) is 2. The van der Waals surface area contributed by atoms with Crippen LogP contribution in [0.15, 0.2) is 0 Å². The summed E-state index contributed by atoms with van der Waals surface area (Å²) in [4.78, 5) is 0. The Morgan fingerprint density at radius 2 is 1.75 bits per heavy atom. The third-order valence-electron chi connectivity index (χ3n) is 4.14. The molecule has 2 fully saturated rings. The van der Waals surface area contributed by atoms with Crippen LogP contribution in [0.2, 0.25) is 0 Å². The molecule has 16 heavy (non-hydrogen) atoms. The highest BCUT2D eigenvalue weighted by Gasteiger charge is 2.41. The van der Waals surface area contributed by atoms with Crippen molar-refractivity contribution in [1.82, 2.24) is 5.32 Å². The molecule has 2 N–H and O–H groups in total. The van der Waals surface area contributed by atoms with Crippen LogP contribution in [0.5, 0.6) is 0 Å². The molecular weight excluding hydrogens is 198 g/mol. The van der Waals surface area contributed by atoms with Crippen molar-refractivity contribution in [1.29, 1.82) is 0 Å². The fraction of sp³-hybridized carbons (Fsp3) is 1.00. The lowest BCUT2D eigenvalue weighted by atomic mass is 9.98. The van der Waals surface area contributed by atoms with Crippen molar-refractivity contribution >= 4 is 0 Å². The van der Waals surface area contributed by atoms with E-state index in [0.717, 1.165) is 30.8 Å². The monoisotopic (exact) mass is 225 g/mol. The molecule has 0 aromatic heterocycles. The smallest absolute Gasteiger partial charge is 0.0434 e. The minimum atomic E-state index is 0.351. The quantitative estimate of drug-likeness (QED) is 0.632. The van der Waals surface area contributed by atoms with Crippen molar-refractivity contribution < 1.29 is 5.11 Å². The lowest BCUT2D eigenvalue weighted by Crippen LogP contribution is -2.37. The number of nitrogens with one attached hydrogen (secondary N) is 1. The summed E-state index contributed by atoms with van der Waals surface area (Å²) in [5, 5.41) is 12.8. The predicted octanol–water partition coefficient (Wildman–Crippen LogP) is 2.56. The molecule has 0 spiro atoms. The minimum absolute atomic E-state index is 0.351. The van der Waals surface area contributed by atoms with E-state index < -0.39 is 0 Å². The molecular formula is C14H27NO. The zero-order chi connectivity index (χ0) is 11.4. The van der Waals surface area contributed by atoms with Gasteiger partial charge in [0.1, 0.15) is 0 Å². The van der Waals surface area contributed by atoms with Crippen molar-refractivity contribution in [3.05, 3.63) is 0 Å². The molecule has 0 aromatic carbocycles. The molecule has 2 saturated carbocycles. The molecule has 2 rings (SSSR count). The highest BCUT2D eigenvalue weighted by atomic mass is 16.3. The molecule has 2 nitrogen and oxygen atoms in total. The summed E-state index contributed by atoms with van der Waals surface area (Å²) in [7, 11) is 0. The van der Waals surface area contributed by atoms with Crippen molar-refractivity contribution in [2.45, 2.75) is 57.9 Å². The van der Waals surface area contributed by atoms with Crippen LogP contribution in [0.1, 0.15) is 51.9 Å². The summed E-state index contributed by atoms with van der Waals surface area (Å²) >= 11 is 0. The molecule has 1 atom stereocenters. The van der Waals surface area contributed by atoms with Crippen LogP contribution in [-0.2, 0) is 0 Å². The third-order valence-corrected chi connectivity index (χ3v) is 4.14. The first-order valence-electron chi connectivity index (χ1n) is 7.19. The van der Waals surface area contributed by atoms with Crippen LogP contribution in [0.25, 0.3) is 0 Å². The van der Waals surface area contributed by atoms with E-state index in [4.69, 9.17) is 5.11 Å². The molecule has 2 aliphatic carbocycles. The van der Waals surface area contributed by atoms with Crippen LogP contribution in [0, 0.1) is 17.8 Å². The molecule has 0 radical (unpaired) electrons. The fourth-order valence-corrected chi connectivity index (χ4v) is 2.87. The van der Waals surface area contributed by atoms with E-state index >= 15 is 0 Å². The highest BCUT2D eigenvalue weighted by molar-refractivity contribution is 4.96. The van der Waals surface area contributed by atoms with Gasteiger partial charge in [0.15, 0.2) is 0 Å². The zero-order valence-electron chi connectivity index (χ0n) is 10.6. The van der Waals surface area contributed by atoms with Gasteiger partial charge in [0.05, 0.1) is 0 Å². The lowest BCUT2D eigenvalue weighted by Gasteiger charge is -2.22. The summed E-state index contributed by atoms with van der Waals surface area (Å²) in [5.74, 6) is 2.67. The van der Waals surface area contributed by atoms with Crippen LogP contribution < -0.4 is 5.32 Å². The summed E-state index contributed by atoms with van der Waals surface area (Å²) in [5.41, 5.74) is 0. The Bertz CT molecular complexity index is 181. The molecule has 0 amide bonds. The minimum Gasteiger partial charge on any atom is -0.396 e. The van der Waals surface area contributed by atoms with Gasteiger partial charge in [-0.3, -0.25) is 0 Å². The first-order valence-corrected chi connectivity index (χ1v) is 7.19. The molecule has 0 bridgehead atoms. The van der Waals surface area contributed by atoms with Gasteiger partial charge >= 0.3 is 0 Å². The van der Waals surface area contributed by atoms with Crippen molar-refractivity contribution in [3.8, 4) is 0 Å². The second-order valence-electron chi connectivity index (χ2n) is 5.78. The first kappa shape index (κ1) is 12.4. The van der Waals surface area contributed by atoms with E-state index in [1.807, 2.05) is 0 Å². The normalized spacial score (nSPS) is 22.7. The Kier molecular flexibility index (Phi) is 4.66. The summed E-state index contributed by atoms with van der Waals surface area (Å²) in [6.45, 7) is 3.72. The number of aliphatic hydroxyl groups excluding tert-OH is 1. The SMILES string of the molecule is CCCC(CCO)CNC(C1CC1)C1CC1. The van der Waals surface area contributed by atoms with E-state index in [9.17, 15) is 0 Å². The zero-order valence-corrected chi connectivity index (χ0v) is 10.6. The Labute approximate surface area is 99.8 Å². The molecule has 94 valence electrons. The fourth-order valence-electron chi connectivity index (χ4n) is 2.87. The summed E-state index contributed by atoms with van der Waals surface area (Å²) < 4.78 is 0. The van der Waals surface area contributed by atoms with E-state index in [0.29, 0.717) is 12.5 Å². The molecule has 0 heterocycles. The van der Waals surface area contributed by atoms with Crippen LogP contribution in [-0.4, -0.2) is 24.3 Å². The maximum atomic E-state index is 9.04. The number of hydrogen-bond donors (Lipinski definition) is 2. The number of rotatable bonds is 9. The highest BCUT2D eigenvalue weighted by Crippen LogP contribution is 2.44. The van der Waals surface area contributed by atoms with E-state index in [1.165, 1.54) is 38.5 Å². The van der Waals surface area contributed by atoms with Gasteiger partial charge in [-0.1, -0.05) is 13.3 Å². The van der Waals surface area contributed by atoms with Gasteiger partial charge in [0, 0.05) is 12.6 Å². The summed E-state index contributed by atoms with van der Waals surface area (Å²) in [6, 6.07) is 0.818. The second-order valence-corrected chi connectivity index (χ2v) is 5.78. The van der Waals surface area contributed by atoms with Gasteiger partial charge in [-0.2, -0.15) is 0 Å². The molecule has 1 unspecified atom stereocenters. The standard InChI is InChI=1S/C14H27NO/c1-2-3-11(8-9-16)10-15-14(12-4-5-12)13-6-7-13/h11-16H,2-10H2,1H3. The van der Waals surface area contributed by atoms with E-state index in [-0.39, 0.29) is 0 Å². The average molecular weight is 225 g/mol. The van der Waals surface area contributed by atoms with Crippen LogP contribution >= 0.6 is 0 Å². The predicted molar refractivity (Wildman–Crippen MR) is 67.3 cm³/mol. The Morgan fingerprint density at radius 3 is 2.19 bits per heavy atom.